The van der Waals surface area contributed by atoms with Gasteiger partial charge in [0, 0.05) is 46.2 Å². The smallest absolute Gasteiger partial charge is 0.269 e. The van der Waals surface area contributed by atoms with Crippen LogP contribution in [0, 0.1) is 13.8 Å². The van der Waals surface area contributed by atoms with Gasteiger partial charge in [-0.05, 0) is 62.1 Å². The van der Waals surface area contributed by atoms with Gasteiger partial charge in [0.05, 0.1) is 0 Å². The van der Waals surface area contributed by atoms with Crippen molar-refractivity contribution in [3.63, 3.8) is 0 Å². The normalized spacial score (nSPS) is 10.9. The lowest BCUT2D eigenvalue weighted by Gasteiger charge is -2.08. The number of H-pyrrole nitrogens is 1. The number of hydrogen-bond acceptors (Lipinski definition) is 5. The van der Waals surface area contributed by atoms with Crippen LogP contribution in [0.25, 0.3) is 10.9 Å². The van der Waals surface area contributed by atoms with E-state index >= 15 is 0 Å². The number of fused-ring (bicyclic) bond motifs is 1. The molecule has 0 saturated heterocycles. The summed E-state index contributed by atoms with van der Waals surface area (Å²) < 4.78 is 0. The molecule has 2 aromatic heterocycles. The first kappa shape index (κ1) is 23.5. The van der Waals surface area contributed by atoms with Gasteiger partial charge >= 0.3 is 0 Å². The molecule has 0 aliphatic carbocycles. The number of thioether (sulfide) groups is 1. The van der Waals surface area contributed by atoms with Crippen LogP contribution in [0.1, 0.15) is 45.7 Å². The van der Waals surface area contributed by atoms with E-state index in [1.807, 2.05) is 56.4 Å². The molecule has 0 saturated carbocycles. The van der Waals surface area contributed by atoms with E-state index < -0.39 is 0 Å². The maximum Gasteiger partial charge on any atom is 0.269 e. The molecule has 4 aromatic rings. The third-order valence-corrected chi connectivity index (χ3v) is 6.30. The Kier molecular flexibility index (Phi) is 7.59. The molecule has 2 amide bonds. The number of para-hydroxylation sites is 1. The topological polar surface area (TPSA) is 99.8 Å². The number of carbonyl (C=O) groups is 2. The van der Waals surface area contributed by atoms with Crippen LogP contribution in [0.15, 0.2) is 66.0 Å². The number of amides is 2. The zero-order valence-electron chi connectivity index (χ0n) is 19.2. The predicted octanol–water partition coefficient (Wildman–Crippen LogP) is 4.65. The molecule has 7 nitrogen and oxygen atoms in total. The average molecular weight is 474 g/mol. The zero-order chi connectivity index (χ0) is 23.9. The first-order valence-electron chi connectivity index (χ1n) is 11.2. The first-order valence-corrected chi connectivity index (χ1v) is 12.1. The minimum atomic E-state index is -0.346. The van der Waals surface area contributed by atoms with Crippen molar-refractivity contribution in [1.29, 1.82) is 0 Å². The standard InChI is InChI=1S/C26H27N5O2S/c1-17-14-18(2)29-26(28-17)34-16-19-10-12-20(13-11-19)25(33)31-30-24(32)9-5-6-21-15-27-23-8-4-3-7-22(21)23/h3-4,7-8,10-15,27H,5-6,9,16H2,1-2H3,(H,30,32)(H,31,33). The van der Waals surface area contributed by atoms with E-state index in [1.165, 1.54) is 10.9 Å². The minimum Gasteiger partial charge on any atom is -0.361 e. The lowest BCUT2D eigenvalue weighted by atomic mass is 10.1. The van der Waals surface area contributed by atoms with Gasteiger partial charge in [0.15, 0.2) is 5.16 Å². The van der Waals surface area contributed by atoms with E-state index in [0.717, 1.165) is 34.0 Å². The lowest BCUT2D eigenvalue weighted by Crippen LogP contribution is -2.41. The molecule has 174 valence electrons. The summed E-state index contributed by atoms with van der Waals surface area (Å²) in [4.78, 5) is 36.6. The molecule has 34 heavy (non-hydrogen) atoms. The van der Waals surface area contributed by atoms with Gasteiger partial charge in [0.2, 0.25) is 5.91 Å². The van der Waals surface area contributed by atoms with Crippen molar-refractivity contribution in [3.05, 3.63) is 88.9 Å². The minimum absolute atomic E-state index is 0.213. The van der Waals surface area contributed by atoms with Crippen molar-refractivity contribution in [3.8, 4) is 0 Å². The Hall–Kier alpha value is -3.65. The second-order valence-corrected chi connectivity index (χ2v) is 9.08. The molecule has 0 spiro atoms. The molecular formula is C26H27N5O2S. The fourth-order valence-electron chi connectivity index (χ4n) is 3.70. The van der Waals surface area contributed by atoms with Gasteiger partial charge < -0.3 is 4.98 Å². The van der Waals surface area contributed by atoms with E-state index in [4.69, 9.17) is 0 Å². The number of rotatable bonds is 8. The van der Waals surface area contributed by atoms with Crippen LogP contribution in [0.2, 0.25) is 0 Å². The Morgan fingerprint density at radius 3 is 2.47 bits per heavy atom. The number of nitrogens with one attached hydrogen (secondary N) is 3. The Morgan fingerprint density at radius 2 is 1.71 bits per heavy atom. The molecule has 0 radical (unpaired) electrons. The van der Waals surface area contributed by atoms with Crippen molar-refractivity contribution in [2.45, 2.75) is 44.0 Å². The van der Waals surface area contributed by atoms with Crippen LogP contribution in [0.5, 0.6) is 0 Å². The van der Waals surface area contributed by atoms with Crippen molar-refractivity contribution in [2.75, 3.05) is 0 Å². The van der Waals surface area contributed by atoms with Crippen LogP contribution in [-0.2, 0) is 17.0 Å². The Bertz CT molecular complexity index is 1280. The molecule has 0 aliphatic rings. The Labute approximate surface area is 202 Å². The molecule has 3 N–H and O–H groups in total. The highest BCUT2D eigenvalue weighted by Gasteiger charge is 2.09. The fraction of sp³-hybridized carbons (Fsp3) is 0.231. The highest BCUT2D eigenvalue weighted by Crippen LogP contribution is 2.21. The van der Waals surface area contributed by atoms with E-state index in [1.54, 1.807) is 23.9 Å². The molecule has 0 unspecified atom stereocenters. The quantitative estimate of drug-likeness (QED) is 0.196. The number of aromatic amines is 1. The fourth-order valence-corrected chi connectivity index (χ4v) is 4.60. The maximum absolute atomic E-state index is 12.4. The summed E-state index contributed by atoms with van der Waals surface area (Å²) in [6.45, 7) is 3.91. The molecule has 2 heterocycles. The second kappa shape index (κ2) is 11.0. The SMILES string of the molecule is Cc1cc(C)nc(SCc2ccc(C(=O)NNC(=O)CCCc3c[nH]c4ccccc34)cc2)n1. The maximum atomic E-state index is 12.4. The van der Waals surface area contributed by atoms with Crippen LogP contribution >= 0.6 is 11.8 Å². The second-order valence-electron chi connectivity index (χ2n) is 8.13. The van der Waals surface area contributed by atoms with E-state index in [2.05, 4.69) is 31.9 Å². The molecule has 0 atom stereocenters. The molecule has 8 heteroatoms. The summed E-state index contributed by atoms with van der Waals surface area (Å²) in [6, 6.07) is 17.3. The number of hydrogen-bond donors (Lipinski definition) is 3. The van der Waals surface area contributed by atoms with E-state index in [-0.39, 0.29) is 11.8 Å². The number of nitrogens with zero attached hydrogens (tertiary/aromatic N) is 2. The number of hydrazine groups is 1. The van der Waals surface area contributed by atoms with Crippen LogP contribution < -0.4 is 10.9 Å². The molecular weight excluding hydrogens is 446 g/mol. The Morgan fingerprint density at radius 1 is 0.971 bits per heavy atom. The van der Waals surface area contributed by atoms with Gasteiger partial charge in [0.25, 0.3) is 5.91 Å². The van der Waals surface area contributed by atoms with Crippen LogP contribution in [0.3, 0.4) is 0 Å². The zero-order valence-corrected chi connectivity index (χ0v) is 20.0. The number of aryl methyl sites for hydroxylation is 3. The molecule has 0 aliphatic heterocycles. The summed E-state index contributed by atoms with van der Waals surface area (Å²) in [5.41, 5.74) is 10.7. The summed E-state index contributed by atoms with van der Waals surface area (Å²) in [7, 11) is 0. The Balaban J connectivity index is 1.20. The van der Waals surface area contributed by atoms with Crippen LogP contribution in [0.4, 0.5) is 0 Å². The number of benzene rings is 2. The third kappa shape index (κ3) is 6.23. The largest absolute Gasteiger partial charge is 0.361 e. The average Bonchev–Trinajstić information content (AvgIpc) is 3.24. The van der Waals surface area contributed by atoms with Gasteiger partial charge in [-0.2, -0.15) is 0 Å². The van der Waals surface area contributed by atoms with Gasteiger partial charge in [0.1, 0.15) is 0 Å². The van der Waals surface area contributed by atoms with Gasteiger partial charge in [-0.25, -0.2) is 9.97 Å². The predicted molar refractivity (Wildman–Crippen MR) is 134 cm³/mol. The van der Waals surface area contributed by atoms with E-state index in [9.17, 15) is 9.59 Å². The molecule has 4 rings (SSSR count). The molecule has 0 bridgehead atoms. The van der Waals surface area contributed by atoms with Gasteiger partial charge in [-0.3, -0.25) is 20.4 Å². The van der Waals surface area contributed by atoms with Gasteiger partial charge in [-0.15, -0.1) is 0 Å². The monoisotopic (exact) mass is 473 g/mol. The highest BCUT2D eigenvalue weighted by atomic mass is 32.2. The first-order chi connectivity index (χ1) is 16.5. The summed E-state index contributed by atoms with van der Waals surface area (Å²) in [6.07, 6.45) is 3.80. The third-order valence-electron chi connectivity index (χ3n) is 5.39. The summed E-state index contributed by atoms with van der Waals surface area (Å²) >= 11 is 1.56. The van der Waals surface area contributed by atoms with Gasteiger partial charge in [-0.1, -0.05) is 42.1 Å². The van der Waals surface area contributed by atoms with E-state index in [0.29, 0.717) is 24.2 Å². The molecule has 2 aromatic carbocycles. The van der Waals surface area contributed by atoms with Crippen molar-refractivity contribution in [1.82, 2.24) is 25.8 Å². The highest BCUT2D eigenvalue weighted by molar-refractivity contribution is 7.98. The molecule has 0 fully saturated rings. The summed E-state index contributed by atoms with van der Waals surface area (Å²) in [5, 5.41) is 1.92. The van der Waals surface area contributed by atoms with Crippen molar-refractivity contribution >= 4 is 34.5 Å². The summed E-state index contributed by atoms with van der Waals surface area (Å²) in [5.74, 6) is 0.147. The van der Waals surface area contributed by atoms with Crippen molar-refractivity contribution in [2.24, 2.45) is 0 Å². The van der Waals surface area contributed by atoms with Crippen molar-refractivity contribution < 1.29 is 9.59 Å². The number of carbonyl (C=O) groups excluding carboxylic acids is 2. The number of aromatic nitrogens is 3. The lowest BCUT2D eigenvalue weighted by molar-refractivity contribution is -0.121. The van der Waals surface area contributed by atoms with Crippen LogP contribution in [-0.4, -0.2) is 26.8 Å².